The molecule has 0 aliphatic heterocycles. The fraction of sp³-hybridized carbons (Fsp3) is 0.400. The van der Waals surface area contributed by atoms with Gasteiger partial charge in [-0.05, 0) is 0 Å². The van der Waals surface area contributed by atoms with Crippen LogP contribution in [-0.4, -0.2) is 31.5 Å². The maximum Gasteiger partial charge on any atom is 0.279 e. The molecule has 3 N–H and O–H groups in total. The molecule has 0 radical (unpaired) electrons. The minimum Gasteiger partial charge on any atom is -0.304 e. The summed E-state index contributed by atoms with van der Waals surface area (Å²) in [6.07, 6.45) is 1.35. The number of aromatic nitrogens is 5. The van der Waals surface area contributed by atoms with E-state index in [-0.39, 0.29) is 17.0 Å². The number of H-pyrrole nitrogens is 2. The van der Waals surface area contributed by atoms with Crippen LogP contribution >= 0.6 is 0 Å². The highest BCUT2D eigenvalue weighted by Crippen LogP contribution is 2.21. The third kappa shape index (κ3) is 2.49. The van der Waals surface area contributed by atoms with Gasteiger partial charge in [-0.2, -0.15) is 20.5 Å². The third-order valence-electron chi connectivity index (χ3n) is 2.28. The van der Waals surface area contributed by atoms with Gasteiger partial charge in [0.15, 0.2) is 11.5 Å². The number of anilines is 1. The highest BCUT2D eigenvalue weighted by molar-refractivity contribution is 6.01. The molecule has 2 aromatic rings. The lowest BCUT2D eigenvalue weighted by Crippen LogP contribution is -2.13. The van der Waals surface area contributed by atoms with E-state index >= 15 is 0 Å². The van der Waals surface area contributed by atoms with Crippen molar-refractivity contribution in [2.75, 3.05) is 5.32 Å². The van der Waals surface area contributed by atoms with E-state index < -0.39 is 0 Å². The Morgan fingerprint density at radius 3 is 2.65 bits per heavy atom. The van der Waals surface area contributed by atoms with Gasteiger partial charge in [-0.1, -0.05) is 20.8 Å². The van der Waals surface area contributed by atoms with E-state index in [4.69, 9.17) is 0 Å². The van der Waals surface area contributed by atoms with Crippen molar-refractivity contribution < 1.29 is 4.79 Å². The number of rotatable bonds is 2. The number of hydrogen-bond donors (Lipinski definition) is 3. The molecule has 0 atom stereocenters. The second kappa shape index (κ2) is 4.00. The molecule has 0 bridgehead atoms. The number of hydrogen-bond acceptors (Lipinski definition) is 4. The molecule has 0 aromatic carbocycles. The molecule has 0 fully saturated rings. The summed E-state index contributed by atoms with van der Waals surface area (Å²) in [6, 6.07) is 1.80. The summed E-state index contributed by atoms with van der Waals surface area (Å²) >= 11 is 0. The Balaban J connectivity index is 2.10. The Morgan fingerprint density at radius 2 is 2.12 bits per heavy atom. The van der Waals surface area contributed by atoms with Gasteiger partial charge in [-0.3, -0.25) is 9.89 Å². The Morgan fingerprint density at radius 1 is 1.35 bits per heavy atom. The standard InChI is InChI=1S/C10H14N6O/c1-10(2,3)7-4-8(15-14-7)12-9(17)6-5-11-16-13-6/h4-5H,1-3H3,(H,11,13,16)(H2,12,14,15,17). The van der Waals surface area contributed by atoms with E-state index in [2.05, 4.69) is 51.7 Å². The van der Waals surface area contributed by atoms with Gasteiger partial charge >= 0.3 is 0 Å². The first-order valence-corrected chi connectivity index (χ1v) is 5.20. The first-order chi connectivity index (χ1) is 7.97. The fourth-order valence-corrected chi connectivity index (χ4v) is 1.26. The Hall–Kier alpha value is -2.18. The maximum atomic E-state index is 11.6. The van der Waals surface area contributed by atoms with Crippen LogP contribution in [0.25, 0.3) is 0 Å². The molecular formula is C10H14N6O. The minimum absolute atomic E-state index is 0.0378. The van der Waals surface area contributed by atoms with Gasteiger partial charge in [0.2, 0.25) is 0 Å². The van der Waals surface area contributed by atoms with Crippen molar-refractivity contribution in [2.24, 2.45) is 0 Å². The molecule has 0 unspecified atom stereocenters. The normalized spacial score (nSPS) is 11.5. The molecule has 0 saturated heterocycles. The first kappa shape index (κ1) is 11.3. The number of carbonyl (C=O) groups is 1. The van der Waals surface area contributed by atoms with Crippen molar-refractivity contribution in [3.05, 3.63) is 23.7 Å². The van der Waals surface area contributed by atoms with E-state index in [9.17, 15) is 4.79 Å². The van der Waals surface area contributed by atoms with E-state index in [0.29, 0.717) is 5.82 Å². The van der Waals surface area contributed by atoms with Crippen molar-refractivity contribution in [2.45, 2.75) is 26.2 Å². The van der Waals surface area contributed by atoms with Crippen LogP contribution in [0.4, 0.5) is 5.82 Å². The predicted molar refractivity (Wildman–Crippen MR) is 61.6 cm³/mol. The topological polar surface area (TPSA) is 99.3 Å². The van der Waals surface area contributed by atoms with E-state index in [1.54, 1.807) is 6.07 Å². The molecule has 2 rings (SSSR count). The lowest BCUT2D eigenvalue weighted by atomic mass is 9.92. The molecule has 0 aliphatic carbocycles. The molecular weight excluding hydrogens is 220 g/mol. The molecule has 1 amide bonds. The third-order valence-corrected chi connectivity index (χ3v) is 2.28. The molecule has 0 aliphatic rings. The van der Waals surface area contributed by atoms with Gasteiger partial charge in [0.25, 0.3) is 5.91 Å². The number of nitrogens with zero attached hydrogens (tertiary/aromatic N) is 3. The maximum absolute atomic E-state index is 11.6. The number of amides is 1. The number of nitrogens with one attached hydrogen (secondary N) is 3. The van der Waals surface area contributed by atoms with E-state index in [1.807, 2.05) is 0 Å². The van der Waals surface area contributed by atoms with Crippen LogP contribution in [-0.2, 0) is 5.41 Å². The van der Waals surface area contributed by atoms with Gasteiger partial charge in [0.1, 0.15) is 0 Å². The molecule has 0 saturated carbocycles. The minimum atomic E-state index is -0.342. The zero-order valence-electron chi connectivity index (χ0n) is 9.90. The van der Waals surface area contributed by atoms with Crippen LogP contribution in [0.2, 0.25) is 0 Å². The van der Waals surface area contributed by atoms with Crippen LogP contribution < -0.4 is 5.32 Å². The molecule has 17 heavy (non-hydrogen) atoms. The molecule has 2 aromatic heterocycles. The van der Waals surface area contributed by atoms with Crippen molar-refractivity contribution >= 4 is 11.7 Å². The summed E-state index contributed by atoms with van der Waals surface area (Å²) in [4.78, 5) is 11.6. The van der Waals surface area contributed by atoms with Crippen molar-refractivity contribution in [1.82, 2.24) is 25.6 Å². The van der Waals surface area contributed by atoms with Gasteiger partial charge in [0, 0.05) is 17.2 Å². The summed E-state index contributed by atoms with van der Waals surface area (Å²) in [7, 11) is 0. The van der Waals surface area contributed by atoms with Gasteiger partial charge in [-0.15, -0.1) is 0 Å². The van der Waals surface area contributed by atoms with Crippen molar-refractivity contribution in [3.8, 4) is 0 Å². The summed E-state index contributed by atoms with van der Waals surface area (Å²) < 4.78 is 0. The Bertz CT molecular complexity index is 507. The molecule has 2 heterocycles. The largest absolute Gasteiger partial charge is 0.304 e. The highest BCUT2D eigenvalue weighted by atomic mass is 16.2. The average Bonchev–Trinajstić information content (AvgIpc) is 2.85. The monoisotopic (exact) mass is 234 g/mol. The van der Waals surface area contributed by atoms with Gasteiger partial charge < -0.3 is 5.32 Å². The van der Waals surface area contributed by atoms with Crippen molar-refractivity contribution in [1.29, 1.82) is 0 Å². The molecule has 90 valence electrons. The molecule has 0 spiro atoms. The SMILES string of the molecule is CC(C)(C)c1cc(NC(=O)c2cn[nH]n2)n[nH]1. The van der Waals surface area contributed by atoms with Crippen LogP contribution in [0.3, 0.4) is 0 Å². The quantitative estimate of drug-likeness (QED) is 0.723. The van der Waals surface area contributed by atoms with Crippen LogP contribution in [0.15, 0.2) is 12.3 Å². The number of aromatic amines is 2. The van der Waals surface area contributed by atoms with Crippen LogP contribution in [0.1, 0.15) is 37.0 Å². The summed E-state index contributed by atoms with van der Waals surface area (Å²) in [6.45, 7) is 6.18. The van der Waals surface area contributed by atoms with Crippen molar-refractivity contribution in [3.63, 3.8) is 0 Å². The van der Waals surface area contributed by atoms with E-state index in [1.165, 1.54) is 6.20 Å². The lowest BCUT2D eigenvalue weighted by molar-refractivity contribution is 0.102. The summed E-state index contributed by atoms with van der Waals surface area (Å²) in [5.41, 5.74) is 1.14. The van der Waals surface area contributed by atoms with Gasteiger partial charge in [-0.25, -0.2) is 0 Å². The zero-order valence-corrected chi connectivity index (χ0v) is 9.90. The average molecular weight is 234 g/mol. The lowest BCUT2D eigenvalue weighted by Gasteiger charge is -2.14. The number of carbonyl (C=O) groups excluding carboxylic acids is 1. The Labute approximate surface area is 98.0 Å². The first-order valence-electron chi connectivity index (χ1n) is 5.20. The molecule has 7 heteroatoms. The Kier molecular flexibility index (Phi) is 2.66. The van der Waals surface area contributed by atoms with Gasteiger partial charge in [0.05, 0.1) is 6.20 Å². The van der Waals surface area contributed by atoms with Crippen LogP contribution in [0, 0.1) is 0 Å². The predicted octanol–water partition coefficient (Wildman–Crippen LogP) is 1.08. The second-order valence-electron chi connectivity index (χ2n) is 4.73. The summed E-state index contributed by atoms with van der Waals surface area (Å²) in [5, 5.41) is 19.2. The fourth-order valence-electron chi connectivity index (χ4n) is 1.26. The smallest absolute Gasteiger partial charge is 0.279 e. The molecule has 7 nitrogen and oxygen atoms in total. The second-order valence-corrected chi connectivity index (χ2v) is 4.73. The zero-order chi connectivity index (χ0) is 12.5. The summed E-state index contributed by atoms with van der Waals surface area (Å²) in [5.74, 6) is 0.133. The van der Waals surface area contributed by atoms with Crippen LogP contribution in [0.5, 0.6) is 0 Å². The highest BCUT2D eigenvalue weighted by Gasteiger charge is 2.18. The van der Waals surface area contributed by atoms with E-state index in [0.717, 1.165) is 5.69 Å².